The second kappa shape index (κ2) is 5.79. The summed E-state index contributed by atoms with van der Waals surface area (Å²) in [5.74, 6) is -1.08. The number of carbonyl (C=O) groups is 2. The molecule has 100 valence electrons. The normalized spacial score (nSPS) is 14.1. The zero-order chi connectivity index (χ0) is 13.8. The van der Waals surface area contributed by atoms with Crippen LogP contribution in [0.1, 0.15) is 6.92 Å². The molecule has 2 rings (SSSR count). The minimum atomic E-state index is -0.621. The molecule has 0 saturated heterocycles. The van der Waals surface area contributed by atoms with Gasteiger partial charge < -0.3 is 15.4 Å². The van der Waals surface area contributed by atoms with Gasteiger partial charge in [-0.15, -0.1) is 11.8 Å². The number of para-hydroxylation sites is 2. The fraction of sp³-hybridized carbons (Fsp3) is 0.231. The lowest BCUT2D eigenvalue weighted by molar-refractivity contribution is -0.139. The largest absolute Gasteiger partial charge is 0.462 e. The van der Waals surface area contributed by atoms with Gasteiger partial charge in [0.15, 0.2) is 5.57 Å². The average Bonchev–Trinajstić information content (AvgIpc) is 2.54. The van der Waals surface area contributed by atoms with Crippen molar-refractivity contribution in [2.45, 2.75) is 6.92 Å². The molecule has 0 aromatic heterocycles. The van der Waals surface area contributed by atoms with E-state index in [0.717, 1.165) is 5.69 Å². The third-order valence-electron chi connectivity index (χ3n) is 2.56. The van der Waals surface area contributed by atoms with Crippen LogP contribution in [0, 0.1) is 0 Å². The van der Waals surface area contributed by atoms with E-state index in [-0.39, 0.29) is 12.2 Å². The molecule has 1 heterocycles. The van der Waals surface area contributed by atoms with Gasteiger partial charge in [-0.1, -0.05) is 12.1 Å². The van der Waals surface area contributed by atoms with Crippen molar-refractivity contribution in [3.8, 4) is 0 Å². The number of fused-ring (bicyclic) bond motifs is 1. The molecule has 19 heavy (non-hydrogen) atoms. The molecule has 1 aromatic rings. The van der Waals surface area contributed by atoms with Gasteiger partial charge in [0.05, 0.1) is 23.0 Å². The summed E-state index contributed by atoms with van der Waals surface area (Å²) in [6.45, 7) is 1.93. The van der Waals surface area contributed by atoms with Crippen LogP contribution in [0.15, 0.2) is 34.9 Å². The molecule has 5 nitrogen and oxygen atoms in total. The predicted molar refractivity (Wildman–Crippen MR) is 75.9 cm³/mol. The molecule has 0 atom stereocenters. The lowest BCUT2D eigenvalue weighted by atomic mass is 10.2. The Hall–Kier alpha value is -1.95. The molecular weight excluding hydrogens is 264 g/mol. The molecule has 0 bridgehead atoms. The third kappa shape index (κ3) is 2.73. The van der Waals surface area contributed by atoms with Crippen molar-refractivity contribution in [3.05, 3.63) is 34.9 Å². The Balaban J connectivity index is 2.44. The highest BCUT2D eigenvalue weighted by Gasteiger charge is 2.28. The van der Waals surface area contributed by atoms with Crippen LogP contribution in [0.4, 0.5) is 11.4 Å². The van der Waals surface area contributed by atoms with Crippen LogP contribution in [0.3, 0.4) is 0 Å². The van der Waals surface area contributed by atoms with Gasteiger partial charge >= 0.3 is 5.97 Å². The summed E-state index contributed by atoms with van der Waals surface area (Å²) >= 11 is 1.30. The highest BCUT2D eigenvalue weighted by atomic mass is 32.2. The number of rotatable bonds is 3. The highest BCUT2D eigenvalue weighted by molar-refractivity contribution is 8.02. The standard InChI is InChI=1S/C13H14N2O3S/c1-3-18-13(17)10-11(16)14-8-6-4-5-7-9(8)15-12(10)19-2/h4-7,15H,3H2,1-2H3,(H,14,16). The van der Waals surface area contributed by atoms with E-state index < -0.39 is 11.9 Å². The number of anilines is 2. The van der Waals surface area contributed by atoms with Gasteiger partial charge in [-0.05, 0) is 25.3 Å². The lowest BCUT2D eigenvalue weighted by Gasteiger charge is -2.09. The molecule has 1 amide bonds. The van der Waals surface area contributed by atoms with Gasteiger partial charge in [0.25, 0.3) is 5.91 Å². The van der Waals surface area contributed by atoms with Crippen LogP contribution in [-0.4, -0.2) is 24.7 Å². The SMILES string of the molecule is CCOC(=O)C1=C(SC)Nc2ccccc2NC1=O. The molecule has 0 unspecified atom stereocenters. The second-order valence-electron chi connectivity index (χ2n) is 3.75. The maximum atomic E-state index is 12.1. The van der Waals surface area contributed by atoms with Crippen LogP contribution in [0.25, 0.3) is 0 Å². The number of esters is 1. The van der Waals surface area contributed by atoms with Crippen LogP contribution in [0.5, 0.6) is 0 Å². The first-order valence-electron chi connectivity index (χ1n) is 5.80. The summed E-state index contributed by atoms with van der Waals surface area (Å²) in [5.41, 5.74) is 1.39. The van der Waals surface area contributed by atoms with Crippen LogP contribution >= 0.6 is 11.8 Å². The van der Waals surface area contributed by atoms with E-state index >= 15 is 0 Å². The molecule has 6 heteroatoms. The zero-order valence-corrected chi connectivity index (χ0v) is 11.5. The molecular formula is C13H14N2O3S. The molecule has 1 aromatic carbocycles. The molecule has 1 aliphatic rings. The van der Waals surface area contributed by atoms with Crippen molar-refractivity contribution in [2.75, 3.05) is 23.5 Å². The maximum absolute atomic E-state index is 12.1. The minimum Gasteiger partial charge on any atom is -0.462 e. The summed E-state index contributed by atoms with van der Waals surface area (Å²) in [6, 6.07) is 7.27. The molecule has 2 N–H and O–H groups in total. The number of nitrogens with one attached hydrogen (secondary N) is 2. The Labute approximate surface area is 115 Å². The Morgan fingerprint density at radius 3 is 2.47 bits per heavy atom. The molecule has 0 fully saturated rings. The predicted octanol–water partition coefficient (Wildman–Crippen LogP) is 2.19. The van der Waals surface area contributed by atoms with Gasteiger partial charge in [0.2, 0.25) is 0 Å². The number of thioether (sulfide) groups is 1. The maximum Gasteiger partial charge on any atom is 0.346 e. The minimum absolute atomic E-state index is 0.00514. The van der Waals surface area contributed by atoms with Gasteiger partial charge in [-0.25, -0.2) is 4.79 Å². The fourth-order valence-electron chi connectivity index (χ4n) is 1.72. The van der Waals surface area contributed by atoms with Crippen molar-refractivity contribution in [2.24, 2.45) is 0 Å². The highest BCUT2D eigenvalue weighted by Crippen LogP contribution is 2.31. The number of benzene rings is 1. The number of carbonyl (C=O) groups excluding carboxylic acids is 2. The van der Waals surface area contributed by atoms with Gasteiger partial charge in [0, 0.05) is 0 Å². The van der Waals surface area contributed by atoms with Crippen LogP contribution in [-0.2, 0) is 14.3 Å². The van der Waals surface area contributed by atoms with Gasteiger partial charge in [-0.2, -0.15) is 0 Å². The number of amides is 1. The van der Waals surface area contributed by atoms with Gasteiger partial charge in [-0.3, -0.25) is 4.79 Å². The van der Waals surface area contributed by atoms with E-state index in [1.807, 2.05) is 18.2 Å². The number of hydrogen-bond donors (Lipinski definition) is 2. The summed E-state index contributed by atoms with van der Waals surface area (Å²) in [5, 5.41) is 6.28. The first-order chi connectivity index (χ1) is 9.17. The molecule has 0 saturated carbocycles. The van der Waals surface area contributed by atoms with Crippen molar-refractivity contribution < 1.29 is 14.3 Å². The van der Waals surface area contributed by atoms with Crippen molar-refractivity contribution in [1.82, 2.24) is 0 Å². The molecule has 0 spiro atoms. The molecule has 1 aliphatic heterocycles. The first kappa shape index (κ1) is 13.5. The number of ether oxygens (including phenoxy) is 1. The van der Waals surface area contributed by atoms with E-state index in [1.165, 1.54) is 11.8 Å². The topological polar surface area (TPSA) is 67.4 Å². The molecule has 0 aliphatic carbocycles. The number of hydrogen-bond acceptors (Lipinski definition) is 5. The van der Waals surface area contributed by atoms with E-state index in [1.54, 1.807) is 19.2 Å². The van der Waals surface area contributed by atoms with E-state index in [4.69, 9.17) is 4.74 Å². The Bertz CT molecular complexity index is 555. The molecule has 0 radical (unpaired) electrons. The summed E-state index contributed by atoms with van der Waals surface area (Å²) < 4.78 is 4.93. The van der Waals surface area contributed by atoms with E-state index in [0.29, 0.717) is 10.7 Å². The average molecular weight is 278 g/mol. The Morgan fingerprint density at radius 1 is 1.26 bits per heavy atom. The van der Waals surface area contributed by atoms with Crippen molar-refractivity contribution in [1.29, 1.82) is 0 Å². The summed E-state index contributed by atoms with van der Waals surface area (Å²) in [6.07, 6.45) is 1.79. The van der Waals surface area contributed by atoms with Crippen molar-refractivity contribution >= 4 is 35.0 Å². The lowest BCUT2D eigenvalue weighted by Crippen LogP contribution is -2.23. The second-order valence-corrected chi connectivity index (χ2v) is 4.57. The summed E-state index contributed by atoms with van der Waals surface area (Å²) in [4.78, 5) is 24.0. The van der Waals surface area contributed by atoms with E-state index in [9.17, 15) is 9.59 Å². The third-order valence-corrected chi connectivity index (χ3v) is 3.28. The Kier molecular flexibility index (Phi) is 4.11. The van der Waals surface area contributed by atoms with Crippen LogP contribution in [0.2, 0.25) is 0 Å². The first-order valence-corrected chi connectivity index (χ1v) is 7.02. The van der Waals surface area contributed by atoms with Crippen LogP contribution < -0.4 is 10.6 Å². The quantitative estimate of drug-likeness (QED) is 0.655. The Morgan fingerprint density at radius 2 is 1.89 bits per heavy atom. The van der Waals surface area contributed by atoms with Gasteiger partial charge in [0.1, 0.15) is 0 Å². The summed E-state index contributed by atoms with van der Waals surface area (Å²) in [7, 11) is 0. The van der Waals surface area contributed by atoms with Crippen molar-refractivity contribution in [3.63, 3.8) is 0 Å². The smallest absolute Gasteiger partial charge is 0.346 e. The van der Waals surface area contributed by atoms with E-state index in [2.05, 4.69) is 10.6 Å². The fourth-order valence-corrected chi connectivity index (χ4v) is 2.31. The zero-order valence-electron chi connectivity index (χ0n) is 10.6. The monoisotopic (exact) mass is 278 g/mol.